The normalized spacial score (nSPS) is 9.07. The molecule has 0 N–H and O–H groups in total. The summed E-state index contributed by atoms with van der Waals surface area (Å²) < 4.78 is 0. The molecule has 0 fully saturated rings. The number of benzene rings is 1. The van der Waals surface area contributed by atoms with Crippen LogP contribution in [-0.2, 0) is 11.2 Å². The van der Waals surface area contributed by atoms with Crippen LogP contribution in [0.25, 0.3) is 0 Å². The Hall–Kier alpha value is -1.11. The van der Waals surface area contributed by atoms with E-state index in [4.69, 9.17) is 0 Å². The Morgan fingerprint density at radius 1 is 1.13 bits per heavy atom. The van der Waals surface area contributed by atoms with Crippen molar-refractivity contribution in [1.29, 1.82) is 0 Å². The number of carbonyl (C=O) groups excluding carboxylic acids is 1. The Kier molecular flexibility index (Phi) is 7.61. The van der Waals surface area contributed by atoms with E-state index in [0.717, 1.165) is 12.0 Å². The van der Waals surface area contributed by atoms with Crippen LogP contribution in [0.1, 0.15) is 44.7 Å². The van der Waals surface area contributed by atoms with Crippen LogP contribution in [0.2, 0.25) is 0 Å². The lowest BCUT2D eigenvalue weighted by Gasteiger charge is -2.00. The molecule has 1 heteroatoms. The number of ketones is 1. The van der Waals surface area contributed by atoms with Gasteiger partial charge in [-0.05, 0) is 18.9 Å². The lowest BCUT2D eigenvalue weighted by atomic mass is 10.1. The first-order chi connectivity index (χ1) is 7.22. The molecule has 15 heavy (non-hydrogen) atoms. The minimum absolute atomic E-state index is 0.339. The Bertz CT molecular complexity index is 272. The lowest BCUT2D eigenvalue weighted by molar-refractivity contribution is -0.118. The van der Waals surface area contributed by atoms with Crippen molar-refractivity contribution in [2.24, 2.45) is 0 Å². The molecule has 1 nitrogen and oxygen atoms in total. The summed E-state index contributed by atoms with van der Waals surface area (Å²) >= 11 is 0. The van der Waals surface area contributed by atoms with E-state index in [1.165, 1.54) is 5.56 Å². The molecule has 0 amide bonds. The molecule has 0 aromatic heterocycles. The predicted molar refractivity (Wildman–Crippen MR) is 66.1 cm³/mol. The average Bonchev–Trinajstić information content (AvgIpc) is 2.25. The van der Waals surface area contributed by atoms with Crippen LogP contribution in [0.3, 0.4) is 0 Å². The molecule has 0 radical (unpaired) electrons. The third-order valence-corrected chi connectivity index (χ3v) is 2.05. The van der Waals surface area contributed by atoms with Gasteiger partial charge in [-0.1, -0.05) is 50.6 Å². The highest BCUT2D eigenvalue weighted by Gasteiger charge is 2.01. The first-order valence-electron chi connectivity index (χ1n) is 5.79. The number of hydrogen-bond acceptors (Lipinski definition) is 1. The summed E-state index contributed by atoms with van der Waals surface area (Å²) in [7, 11) is 0. The summed E-state index contributed by atoms with van der Waals surface area (Å²) in [6.45, 7) is 8.09. The van der Waals surface area contributed by atoms with Crippen LogP contribution < -0.4 is 0 Å². The van der Waals surface area contributed by atoms with Gasteiger partial charge in [0.25, 0.3) is 0 Å². The minimum atomic E-state index is 0.339. The van der Waals surface area contributed by atoms with Gasteiger partial charge in [0.2, 0.25) is 0 Å². The van der Waals surface area contributed by atoms with Crippen molar-refractivity contribution in [3.05, 3.63) is 35.4 Å². The number of hydrogen-bond donors (Lipinski definition) is 0. The molecule has 0 spiro atoms. The van der Waals surface area contributed by atoms with E-state index in [1.807, 2.05) is 32.9 Å². The average molecular weight is 206 g/mol. The zero-order valence-corrected chi connectivity index (χ0v) is 10.3. The minimum Gasteiger partial charge on any atom is -0.299 e. The second kappa shape index (κ2) is 8.22. The largest absolute Gasteiger partial charge is 0.299 e. The van der Waals surface area contributed by atoms with Gasteiger partial charge in [0, 0.05) is 12.8 Å². The molecule has 1 aromatic carbocycles. The topological polar surface area (TPSA) is 17.1 Å². The van der Waals surface area contributed by atoms with Gasteiger partial charge < -0.3 is 0 Å². The Morgan fingerprint density at radius 2 is 1.67 bits per heavy atom. The maximum atomic E-state index is 11.3. The molecule has 0 saturated carbocycles. The zero-order chi connectivity index (χ0) is 11.7. The number of carbonyl (C=O) groups is 1. The van der Waals surface area contributed by atoms with E-state index in [9.17, 15) is 4.79 Å². The van der Waals surface area contributed by atoms with Crippen LogP contribution in [0.4, 0.5) is 0 Å². The van der Waals surface area contributed by atoms with Crippen LogP contribution in [0, 0.1) is 6.92 Å². The molecule has 1 rings (SSSR count). The van der Waals surface area contributed by atoms with Crippen molar-refractivity contribution in [3.8, 4) is 0 Å². The second-order valence-corrected chi connectivity index (χ2v) is 3.45. The summed E-state index contributed by atoms with van der Waals surface area (Å²) in [6, 6.07) is 8.16. The summed E-state index contributed by atoms with van der Waals surface area (Å²) in [4.78, 5) is 11.3. The second-order valence-electron chi connectivity index (χ2n) is 3.45. The van der Waals surface area contributed by atoms with Crippen LogP contribution in [0.5, 0.6) is 0 Å². The first-order valence-corrected chi connectivity index (χ1v) is 5.79. The Labute approximate surface area is 93.5 Å². The van der Waals surface area contributed by atoms with E-state index in [0.29, 0.717) is 18.6 Å². The van der Waals surface area contributed by atoms with Crippen molar-refractivity contribution in [3.63, 3.8) is 0 Å². The van der Waals surface area contributed by atoms with E-state index in [1.54, 1.807) is 0 Å². The van der Waals surface area contributed by atoms with Crippen molar-refractivity contribution >= 4 is 5.78 Å². The van der Waals surface area contributed by atoms with E-state index >= 15 is 0 Å². The fourth-order valence-electron chi connectivity index (χ4n) is 1.30. The summed E-state index contributed by atoms with van der Waals surface area (Å²) in [5.41, 5.74) is 2.37. The Balaban J connectivity index is 0.000000921. The van der Waals surface area contributed by atoms with Crippen molar-refractivity contribution < 1.29 is 4.79 Å². The molecule has 0 atom stereocenters. The summed E-state index contributed by atoms with van der Waals surface area (Å²) in [5.74, 6) is 0.339. The standard InChI is InChI=1S/C12H16O.C2H6/c1-3-4-12(13)9-11-7-5-10(2)6-8-11;1-2/h5-8H,3-4,9H2,1-2H3;1-2H3. The third kappa shape index (κ3) is 6.05. The van der Waals surface area contributed by atoms with Crippen LogP contribution in [-0.4, -0.2) is 5.78 Å². The van der Waals surface area contributed by atoms with E-state index in [2.05, 4.69) is 19.1 Å². The third-order valence-electron chi connectivity index (χ3n) is 2.05. The quantitative estimate of drug-likeness (QED) is 0.729. The molecule has 0 saturated heterocycles. The highest BCUT2D eigenvalue weighted by atomic mass is 16.1. The predicted octanol–water partition coefficient (Wildman–Crippen LogP) is 3.93. The maximum Gasteiger partial charge on any atom is 0.137 e. The Morgan fingerprint density at radius 3 is 2.13 bits per heavy atom. The van der Waals surface area contributed by atoms with Gasteiger partial charge in [0.15, 0.2) is 0 Å². The van der Waals surface area contributed by atoms with Gasteiger partial charge in [-0.2, -0.15) is 0 Å². The summed E-state index contributed by atoms with van der Waals surface area (Å²) in [5, 5.41) is 0. The molecule has 1 aromatic rings. The lowest BCUT2D eigenvalue weighted by Crippen LogP contribution is -2.01. The number of aryl methyl sites for hydroxylation is 1. The van der Waals surface area contributed by atoms with Gasteiger partial charge in [0.1, 0.15) is 5.78 Å². The zero-order valence-electron chi connectivity index (χ0n) is 10.3. The van der Waals surface area contributed by atoms with Crippen LogP contribution >= 0.6 is 0 Å². The van der Waals surface area contributed by atoms with E-state index in [-0.39, 0.29) is 0 Å². The van der Waals surface area contributed by atoms with Crippen molar-refractivity contribution in [2.75, 3.05) is 0 Å². The molecule has 0 aliphatic heterocycles. The fourth-order valence-corrected chi connectivity index (χ4v) is 1.30. The number of Topliss-reactive ketones (excluding diaryl/α,β-unsaturated/α-hetero) is 1. The maximum absolute atomic E-state index is 11.3. The SMILES string of the molecule is CC.CCCC(=O)Cc1ccc(C)cc1. The molecule has 0 aliphatic carbocycles. The van der Waals surface area contributed by atoms with Gasteiger partial charge in [-0.3, -0.25) is 4.79 Å². The van der Waals surface area contributed by atoms with Gasteiger partial charge in [-0.25, -0.2) is 0 Å². The van der Waals surface area contributed by atoms with E-state index < -0.39 is 0 Å². The molecule has 0 heterocycles. The molecule has 0 aliphatic rings. The van der Waals surface area contributed by atoms with Gasteiger partial charge in [-0.15, -0.1) is 0 Å². The van der Waals surface area contributed by atoms with Crippen molar-refractivity contribution in [2.45, 2.75) is 47.0 Å². The smallest absolute Gasteiger partial charge is 0.137 e. The molecular formula is C14H22O. The van der Waals surface area contributed by atoms with Gasteiger partial charge >= 0.3 is 0 Å². The highest BCUT2D eigenvalue weighted by Crippen LogP contribution is 2.05. The summed E-state index contributed by atoms with van der Waals surface area (Å²) in [6.07, 6.45) is 2.24. The molecular weight excluding hydrogens is 184 g/mol. The van der Waals surface area contributed by atoms with Crippen molar-refractivity contribution in [1.82, 2.24) is 0 Å². The first kappa shape index (κ1) is 13.9. The fraction of sp³-hybridized carbons (Fsp3) is 0.500. The number of rotatable bonds is 4. The highest BCUT2D eigenvalue weighted by molar-refractivity contribution is 5.80. The molecule has 0 unspecified atom stereocenters. The molecule has 0 bridgehead atoms. The van der Waals surface area contributed by atoms with Gasteiger partial charge in [0.05, 0.1) is 0 Å². The molecule has 84 valence electrons. The monoisotopic (exact) mass is 206 g/mol. The van der Waals surface area contributed by atoms with Crippen LogP contribution in [0.15, 0.2) is 24.3 Å².